The number of imide groups is 1. The lowest BCUT2D eigenvalue weighted by atomic mass is 9.95. The number of hydrazine groups is 1. The molecule has 5 heterocycles. The summed E-state index contributed by atoms with van der Waals surface area (Å²) in [6.45, 7) is 3.32. The third-order valence-electron chi connectivity index (χ3n) is 6.86. The molecule has 9 nitrogen and oxygen atoms in total. The minimum atomic E-state index is -0.539. The normalized spacial score (nSPS) is 19.7. The summed E-state index contributed by atoms with van der Waals surface area (Å²) in [5.74, 6) is 0.829. The molecular formula is C24H24N6O3S. The van der Waals surface area contributed by atoms with E-state index in [4.69, 9.17) is 4.98 Å². The molecule has 0 radical (unpaired) electrons. The van der Waals surface area contributed by atoms with Gasteiger partial charge in [0.1, 0.15) is 10.7 Å². The zero-order chi connectivity index (χ0) is 23.2. The molecule has 3 aliphatic heterocycles. The van der Waals surface area contributed by atoms with E-state index in [-0.39, 0.29) is 24.8 Å². The summed E-state index contributed by atoms with van der Waals surface area (Å²) >= 11 is 1.66. The van der Waals surface area contributed by atoms with E-state index in [1.54, 1.807) is 11.3 Å². The lowest BCUT2D eigenvalue weighted by Gasteiger charge is -2.33. The number of likely N-dealkylation sites (tertiary alicyclic amines) is 1. The molecule has 1 N–H and O–H groups in total. The number of urea groups is 1. The Bertz CT molecular complexity index is 1300. The molecule has 0 aliphatic carbocycles. The van der Waals surface area contributed by atoms with Gasteiger partial charge in [0.25, 0.3) is 5.91 Å². The Labute approximate surface area is 200 Å². The molecule has 174 valence electrons. The molecule has 3 aliphatic rings. The molecule has 2 saturated heterocycles. The monoisotopic (exact) mass is 476 g/mol. The van der Waals surface area contributed by atoms with Crippen LogP contribution in [0.4, 0.5) is 4.79 Å². The summed E-state index contributed by atoms with van der Waals surface area (Å²) in [5, 5.41) is 8.21. The molecule has 6 rings (SSSR count). The SMILES string of the molecule is O=C1CCN(N2Cc3cc(CN4CCC(c5ncc6ccsc6n5)CC4)ccc3C2=O)C(=O)N1. The molecule has 0 saturated carbocycles. The van der Waals surface area contributed by atoms with Crippen LogP contribution in [0.3, 0.4) is 0 Å². The van der Waals surface area contributed by atoms with Crippen molar-refractivity contribution in [2.24, 2.45) is 0 Å². The number of hydrogen-bond donors (Lipinski definition) is 1. The Kier molecular flexibility index (Phi) is 5.26. The van der Waals surface area contributed by atoms with Crippen LogP contribution < -0.4 is 5.32 Å². The molecule has 1 aromatic carbocycles. The van der Waals surface area contributed by atoms with Crippen molar-refractivity contribution in [1.82, 2.24) is 30.2 Å². The Morgan fingerprint density at radius 2 is 1.91 bits per heavy atom. The number of benzene rings is 1. The number of thiophene rings is 1. The van der Waals surface area contributed by atoms with E-state index in [2.05, 4.69) is 32.7 Å². The van der Waals surface area contributed by atoms with Gasteiger partial charge in [-0.3, -0.25) is 19.8 Å². The summed E-state index contributed by atoms with van der Waals surface area (Å²) in [6, 6.07) is 7.44. The van der Waals surface area contributed by atoms with Gasteiger partial charge in [0.2, 0.25) is 5.91 Å². The molecule has 2 aromatic heterocycles. The second kappa shape index (κ2) is 8.44. The number of rotatable bonds is 4. The highest BCUT2D eigenvalue weighted by Crippen LogP contribution is 2.30. The lowest BCUT2D eigenvalue weighted by Crippen LogP contribution is -2.56. The van der Waals surface area contributed by atoms with Crippen LogP contribution in [0.5, 0.6) is 0 Å². The Morgan fingerprint density at radius 3 is 2.74 bits per heavy atom. The summed E-state index contributed by atoms with van der Waals surface area (Å²) < 4.78 is 0. The molecule has 0 bridgehead atoms. The maximum absolute atomic E-state index is 12.9. The highest BCUT2D eigenvalue weighted by Gasteiger charge is 2.37. The zero-order valence-electron chi connectivity index (χ0n) is 18.6. The zero-order valence-corrected chi connectivity index (χ0v) is 19.4. The third-order valence-corrected chi connectivity index (χ3v) is 7.69. The van der Waals surface area contributed by atoms with Crippen molar-refractivity contribution in [2.75, 3.05) is 19.6 Å². The predicted molar refractivity (Wildman–Crippen MR) is 126 cm³/mol. The Balaban J connectivity index is 1.09. The fourth-order valence-electron chi connectivity index (χ4n) is 5.01. The Morgan fingerprint density at radius 1 is 1.06 bits per heavy atom. The topological polar surface area (TPSA) is 98.7 Å². The number of carbonyl (C=O) groups excluding carboxylic acids is 3. The van der Waals surface area contributed by atoms with Gasteiger partial charge in [-0.15, -0.1) is 11.3 Å². The minimum absolute atomic E-state index is 0.194. The van der Waals surface area contributed by atoms with Gasteiger partial charge in [-0.2, -0.15) is 0 Å². The van der Waals surface area contributed by atoms with Gasteiger partial charge in [0, 0.05) is 36.0 Å². The van der Waals surface area contributed by atoms with Gasteiger partial charge in [-0.1, -0.05) is 12.1 Å². The van der Waals surface area contributed by atoms with Crippen molar-refractivity contribution >= 4 is 39.4 Å². The van der Waals surface area contributed by atoms with Gasteiger partial charge in [-0.05, 0) is 54.6 Å². The van der Waals surface area contributed by atoms with Crippen molar-refractivity contribution in [3.63, 3.8) is 0 Å². The van der Waals surface area contributed by atoms with Crippen LogP contribution in [-0.4, -0.2) is 62.4 Å². The highest BCUT2D eigenvalue weighted by molar-refractivity contribution is 7.16. The van der Waals surface area contributed by atoms with Crippen LogP contribution >= 0.6 is 11.3 Å². The summed E-state index contributed by atoms with van der Waals surface area (Å²) in [7, 11) is 0. The van der Waals surface area contributed by atoms with E-state index in [9.17, 15) is 14.4 Å². The fraction of sp³-hybridized carbons (Fsp3) is 0.375. The number of nitrogens with zero attached hydrogens (tertiary/aromatic N) is 5. The maximum atomic E-state index is 12.9. The standard InChI is InChI=1S/C24H24N6O3S/c31-20-5-9-29(24(33)26-20)30-14-18-11-15(1-2-19(18)23(30)32)13-28-7-3-16(4-8-28)21-25-12-17-6-10-34-22(17)27-21/h1-2,6,10-12,16H,3-5,7-9,13-14H2,(H,26,31,33). The Hall–Kier alpha value is -3.37. The largest absolute Gasteiger partial charge is 0.342 e. The first-order chi connectivity index (χ1) is 16.5. The first-order valence-electron chi connectivity index (χ1n) is 11.5. The first kappa shape index (κ1) is 21.2. The van der Waals surface area contributed by atoms with Crippen LogP contribution in [0.1, 0.15) is 52.5 Å². The molecule has 2 fully saturated rings. The lowest BCUT2D eigenvalue weighted by molar-refractivity contribution is -0.123. The molecule has 3 aromatic rings. The predicted octanol–water partition coefficient (Wildman–Crippen LogP) is 2.88. The minimum Gasteiger partial charge on any atom is -0.299 e. The van der Waals surface area contributed by atoms with Gasteiger partial charge < -0.3 is 0 Å². The second-order valence-corrected chi connectivity index (χ2v) is 9.94. The van der Waals surface area contributed by atoms with E-state index < -0.39 is 6.03 Å². The quantitative estimate of drug-likeness (QED) is 0.622. The van der Waals surface area contributed by atoms with Crippen LogP contribution in [0.15, 0.2) is 35.8 Å². The molecule has 10 heteroatoms. The number of hydrogen-bond acceptors (Lipinski definition) is 7. The van der Waals surface area contributed by atoms with Crippen molar-refractivity contribution in [3.05, 3.63) is 58.4 Å². The number of piperidine rings is 1. The molecule has 34 heavy (non-hydrogen) atoms. The molecular weight excluding hydrogens is 452 g/mol. The third kappa shape index (κ3) is 3.82. The summed E-state index contributed by atoms with van der Waals surface area (Å²) in [5.41, 5.74) is 2.69. The highest BCUT2D eigenvalue weighted by atomic mass is 32.1. The van der Waals surface area contributed by atoms with E-state index in [0.29, 0.717) is 18.0 Å². The molecule has 0 spiro atoms. The second-order valence-electron chi connectivity index (χ2n) is 9.04. The van der Waals surface area contributed by atoms with Crippen molar-refractivity contribution in [2.45, 2.75) is 38.3 Å². The summed E-state index contributed by atoms with van der Waals surface area (Å²) in [6.07, 6.45) is 4.17. The van der Waals surface area contributed by atoms with E-state index in [1.807, 2.05) is 18.3 Å². The van der Waals surface area contributed by atoms with Crippen LogP contribution in [-0.2, 0) is 17.9 Å². The average Bonchev–Trinajstić information content (AvgIpc) is 3.43. The van der Waals surface area contributed by atoms with E-state index >= 15 is 0 Å². The van der Waals surface area contributed by atoms with Crippen molar-refractivity contribution in [3.8, 4) is 0 Å². The van der Waals surface area contributed by atoms with Crippen LogP contribution in [0.25, 0.3) is 10.2 Å². The number of carbonyl (C=O) groups is 3. The van der Waals surface area contributed by atoms with Crippen LogP contribution in [0, 0.1) is 0 Å². The number of nitrogens with one attached hydrogen (secondary N) is 1. The maximum Gasteiger partial charge on any atom is 0.342 e. The van der Waals surface area contributed by atoms with Crippen molar-refractivity contribution in [1.29, 1.82) is 0 Å². The van der Waals surface area contributed by atoms with Gasteiger partial charge in [-0.25, -0.2) is 24.8 Å². The number of fused-ring (bicyclic) bond motifs is 2. The molecule has 0 atom stereocenters. The van der Waals surface area contributed by atoms with Gasteiger partial charge in [0.15, 0.2) is 0 Å². The fourth-order valence-corrected chi connectivity index (χ4v) is 5.76. The molecule has 4 amide bonds. The first-order valence-corrected chi connectivity index (χ1v) is 12.4. The number of amides is 4. The average molecular weight is 477 g/mol. The smallest absolute Gasteiger partial charge is 0.299 e. The summed E-state index contributed by atoms with van der Waals surface area (Å²) in [4.78, 5) is 49.3. The van der Waals surface area contributed by atoms with Crippen LogP contribution in [0.2, 0.25) is 0 Å². The molecule has 0 unspecified atom stereocenters. The number of aromatic nitrogens is 2. The van der Waals surface area contributed by atoms with E-state index in [1.165, 1.54) is 10.0 Å². The van der Waals surface area contributed by atoms with Crippen molar-refractivity contribution < 1.29 is 14.4 Å². The van der Waals surface area contributed by atoms with E-state index in [0.717, 1.165) is 59.6 Å². The van der Waals surface area contributed by atoms with Gasteiger partial charge in [0.05, 0.1) is 13.1 Å². The van der Waals surface area contributed by atoms with Gasteiger partial charge >= 0.3 is 6.03 Å².